The zero-order valence-corrected chi connectivity index (χ0v) is 13.5. The third-order valence-corrected chi connectivity index (χ3v) is 4.79. The van der Waals surface area contributed by atoms with Crippen molar-refractivity contribution in [1.29, 1.82) is 0 Å². The minimum absolute atomic E-state index is 0.101. The van der Waals surface area contributed by atoms with Gasteiger partial charge < -0.3 is 10.2 Å². The number of nitrogens with one attached hydrogen (secondary N) is 1. The molecule has 0 saturated carbocycles. The second kappa shape index (κ2) is 5.62. The molecule has 4 rings (SSSR count). The van der Waals surface area contributed by atoms with Gasteiger partial charge in [0.2, 0.25) is 5.91 Å². The van der Waals surface area contributed by atoms with Gasteiger partial charge in [0.25, 0.3) is 0 Å². The first-order chi connectivity index (χ1) is 11.2. The van der Waals surface area contributed by atoms with Crippen molar-refractivity contribution in [3.8, 4) is 0 Å². The van der Waals surface area contributed by atoms with Crippen LogP contribution in [0.15, 0.2) is 23.8 Å². The quantitative estimate of drug-likeness (QED) is 0.785. The minimum atomic E-state index is 0.101. The number of anilines is 1. The summed E-state index contributed by atoms with van der Waals surface area (Å²) < 4.78 is 1.95. The van der Waals surface area contributed by atoms with Gasteiger partial charge in [0.05, 0.1) is 17.8 Å². The lowest BCUT2D eigenvalue weighted by molar-refractivity contribution is -0.131. The molecule has 1 aliphatic rings. The Labute approximate surface area is 137 Å². The second-order valence-corrected chi connectivity index (χ2v) is 6.39. The summed E-state index contributed by atoms with van der Waals surface area (Å²) in [7, 11) is 1.81. The van der Waals surface area contributed by atoms with E-state index in [1.165, 1.54) is 0 Å². The molecular formula is C15H16N6OS. The number of aromatic nitrogens is 4. The van der Waals surface area contributed by atoms with E-state index in [2.05, 4.69) is 20.5 Å². The van der Waals surface area contributed by atoms with Crippen LogP contribution in [-0.4, -0.2) is 44.0 Å². The van der Waals surface area contributed by atoms with Crippen LogP contribution < -0.4 is 5.32 Å². The Bertz CT molecular complexity index is 841. The molecule has 118 valence electrons. The first-order valence-corrected chi connectivity index (χ1v) is 8.33. The number of hydrogen-bond acceptors (Lipinski definition) is 6. The first kappa shape index (κ1) is 14.1. The molecule has 4 heterocycles. The average Bonchev–Trinajstić information content (AvgIpc) is 3.15. The first-order valence-electron chi connectivity index (χ1n) is 7.45. The van der Waals surface area contributed by atoms with Gasteiger partial charge in [-0.15, -0.1) is 16.4 Å². The summed E-state index contributed by atoms with van der Waals surface area (Å²) in [5, 5.41) is 13.3. The van der Waals surface area contributed by atoms with E-state index in [9.17, 15) is 4.79 Å². The standard InChI is InChI=1S/C15H16N6OS/c1-16-13-6-10-8-20(3-2-12(10)18-19-13)14(22)7-11-9-21-4-5-23-15(21)17-11/h4-6,9H,2-3,7-8H2,1H3,(H,16,19). The largest absolute Gasteiger partial charge is 0.372 e. The molecule has 7 nitrogen and oxygen atoms in total. The van der Waals surface area contributed by atoms with Crippen LogP contribution in [0.1, 0.15) is 17.0 Å². The molecule has 0 atom stereocenters. The third kappa shape index (κ3) is 2.65. The predicted octanol–water partition coefficient (Wildman–Crippen LogP) is 1.35. The van der Waals surface area contributed by atoms with E-state index in [1.807, 2.05) is 40.2 Å². The Hall–Kier alpha value is -2.48. The Morgan fingerprint density at radius 2 is 2.35 bits per heavy atom. The number of thiazole rings is 1. The molecule has 23 heavy (non-hydrogen) atoms. The smallest absolute Gasteiger partial charge is 0.228 e. The van der Waals surface area contributed by atoms with Gasteiger partial charge in [0, 0.05) is 44.3 Å². The molecule has 1 aliphatic heterocycles. The topological polar surface area (TPSA) is 75.4 Å². The summed E-state index contributed by atoms with van der Waals surface area (Å²) in [5.41, 5.74) is 2.86. The van der Waals surface area contributed by atoms with Crippen molar-refractivity contribution in [1.82, 2.24) is 24.5 Å². The van der Waals surface area contributed by atoms with Crippen molar-refractivity contribution >= 4 is 28.0 Å². The maximum atomic E-state index is 12.6. The fourth-order valence-corrected chi connectivity index (χ4v) is 3.51. The van der Waals surface area contributed by atoms with Gasteiger partial charge in [-0.05, 0) is 11.6 Å². The molecule has 0 saturated heterocycles. The number of nitrogens with zero attached hydrogens (tertiary/aromatic N) is 5. The third-order valence-electron chi connectivity index (χ3n) is 4.02. The Balaban J connectivity index is 1.49. The fraction of sp³-hybridized carbons (Fsp3) is 0.333. The van der Waals surface area contributed by atoms with Gasteiger partial charge in [-0.3, -0.25) is 9.20 Å². The van der Waals surface area contributed by atoms with E-state index >= 15 is 0 Å². The van der Waals surface area contributed by atoms with Gasteiger partial charge in [-0.1, -0.05) is 0 Å². The summed E-state index contributed by atoms with van der Waals surface area (Å²) in [6.45, 7) is 1.27. The summed E-state index contributed by atoms with van der Waals surface area (Å²) in [6.07, 6.45) is 4.96. The van der Waals surface area contributed by atoms with Crippen molar-refractivity contribution in [3.05, 3.63) is 40.8 Å². The van der Waals surface area contributed by atoms with Gasteiger partial charge in [0.15, 0.2) is 4.96 Å². The number of carbonyl (C=O) groups is 1. The number of rotatable bonds is 3. The van der Waals surface area contributed by atoms with Crippen molar-refractivity contribution in [2.45, 2.75) is 19.4 Å². The lowest BCUT2D eigenvalue weighted by atomic mass is 10.1. The monoisotopic (exact) mass is 328 g/mol. The molecule has 0 fully saturated rings. The van der Waals surface area contributed by atoms with Crippen LogP contribution in [0, 0.1) is 0 Å². The zero-order valence-electron chi connectivity index (χ0n) is 12.7. The van der Waals surface area contributed by atoms with Crippen LogP contribution in [0.5, 0.6) is 0 Å². The van der Waals surface area contributed by atoms with Crippen molar-refractivity contribution in [3.63, 3.8) is 0 Å². The van der Waals surface area contributed by atoms with Gasteiger partial charge in [-0.2, -0.15) is 5.10 Å². The summed E-state index contributed by atoms with van der Waals surface area (Å²) in [4.78, 5) is 19.8. The van der Waals surface area contributed by atoms with Gasteiger partial charge in [-0.25, -0.2) is 4.98 Å². The highest BCUT2D eigenvalue weighted by atomic mass is 32.1. The van der Waals surface area contributed by atoms with E-state index in [0.29, 0.717) is 19.5 Å². The summed E-state index contributed by atoms with van der Waals surface area (Å²) in [6, 6.07) is 1.97. The Kier molecular flexibility index (Phi) is 3.45. The van der Waals surface area contributed by atoms with E-state index in [4.69, 9.17) is 0 Å². The fourth-order valence-electron chi connectivity index (χ4n) is 2.79. The van der Waals surface area contributed by atoms with Gasteiger partial charge in [0.1, 0.15) is 5.82 Å². The highest BCUT2D eigenvalue weighted by Gasteiger charge is 2.23. The van der Waals surface area contributed by atoms with E-state index in [0.717, 1.165) is 34.2 Å². The molecule has 1 amide bonds. The Morgan fingerprint density at radius 1 is 1.43 bits per heavy atom. The number of amides is 1. The predicted molar refractivity (Wildman–Crippen MR) is 87.5 cm³/mol. The number of imidazole rings is 1. The van der Waals surface area contributed by atoms with Crippen LogP contribution in [0.2, 0.25) is 0 Å². The molecule has 0 aliphatic carbocycles. The SMILES string of the molecule is CNc1cc2c(nn1)CCN(C(=O)Cc1cn3ccsc3n1)C2. The average molecular weight is 328 g/mol. The van der Waals surface area contributed by atoms with E-state index in [1.54, 1.807) is 11.3 Å². The van der Waals surface area contributed by atoms with Crippen LogP contribution in [0.4, 0.5) is 5.82 Å². The molecule has 0 radical (unpaired) electrons. The minimum Gasteiger partial charge on any atom is -0.372 e. The molecule has 8 heteroatoms. The molecule has 0 aromatic carbocycles. The molecule has 1 N–H and O–H groups in total. The van der Waals surface area contributed by atoms with E-state index < -0.39 is 0 Å². The Morgan fingerprint density at radius 3 is 3.17 bits per heavy atom. The maximum absolute atomic E-state index is 12.6. The number of carbonyl (C=O) groups excluding carboxylic acids is 1. The van der Waals surface area contributed by atoms with Crippen molar-refractivity contribution < 1.29 is 4.79 Å². The highest BCUT2D eigenvalue weighted by Crippen LogP contribution is 2.20. The lowest BCUT2D eigenvalue weighted by Crippen LogP contribution is -2.37. The molecule has 0 unspecified atom stereocenters. The number of fused-ring (bicyclic) bond motifs is 2. The lowest BCUT2D eigenvalue weighted by Gasteiger charge is -2.28. The molecular weight excluding hydrogens is 312 g/mol. The summed E-state index contributed by atoms with van der Waals surface area (Å²) in [5.74, 6) is 0.830. The molecule has 3 aromatic rings. The zero-order chi connectivity index (χ0) is 15.8. The van der Waals surface area contributed by atoms with Crippen molar-refractivity contribution in [2.24, 2.45) is 0 Å². The number of hydrogen-bond donors (Lipinski definition) is 1. The highest BCUT2D eigenvalue weighted by molar-refractivity contribution is 7.15. The normalized spacial score (nSPS) is 14.0. The molecule has 0 bridgehead atoms. The van der Waals surface area contributed by atoms with Crippen LogP contribution >= 0.6 is 11.3 Å². The van der Waals surface area contributed by atoms with Crippen LogP contribution in [0.3, 0.4) is 0 Å². The summed E-state index contributed by atoms with van der Waals surface area (Å²) >= 11 is 1.57. The second-order valence-electron chi connectivity index (χ2n) is 5.52. The van der Waals surface area contributed by atoms with Gasteiger partial charge >= 0.3 is 0 Å². The van der Waals surface area contributed by atoms with Crippen molar-refractivity contribution in [2.75, 3.05) is 18.9 Å². The van der Waals surface area contributed by atoms with Crippen LogP contribution in [-0.2, 0) is 24.2 Å². The van der Waals surface area contributed by atoms with E-state index in [-0.39, 0.29) is 5.91 Å². The maximum Gasteiger partial charge on any atom is 0.228 e. The van der Waals surface area contributed by atoms with Crippen LogP contribution in [0.25, 0.3) is 4.96 Å². The molecule has 0 spiro atoms. The molecule has 3 aromatic heterocycles.